The second-order valence-corrected chi connectivity index (χ2v) is 7.58. The molecule has 0 fully saturated rings. The summed E-state index contributed by atoms with van der Waals surface area (Å²) in [4.78, 5) is 18.5. The lowest BCUT2D eigenvalue weighted by Gasteiger charge is -2.36. The van der Waals surface area contributed by atoms with Gasteiger partial charge >= 0.3 is 0 Å². The molecule has 1 atom stereocenters. The van der Waals surface area contributed by atoms with Crippen molar-refractivity contribution in [1.82, 2.24) is 9.80 Å². The monoisotopic (exact) mass is 358 g/mol. The predicted molar refractivity (Wildman–Crippen MR) is 102 cm³/mol. The van der Waals surface area contributed by atoms with Crippen molar-refractivity contribution in [1.29, 1.82) is 0 Å². The molecule has 0 aliphatic carbocycles. The van der Waals surface area contributed by atoms with Crippen molar-refractivity contribution in [2.75, 3.05) is 27.2 Å². The molecule has 2 heterocycles. The Morgan fingerprint density at radius 1 is 1.32 bits per heavy atom. The Morgan fingerprint density at radius 2 is 2.08 bits per heavy atom. The van der Waals surface area contributed by atoms with Gasteiger partial charge in [-0.25, -0.2) is 0 Å². The van der Waals surface area contributed by atoms with E-state index in [1.165, 1.54) is 16.0 Å². The molecule has 4 nitrogen and oxygen atoms in total. The molecule has 0 saturated carbocycles. The van der Waals surface area contributed by atoms with Crippen LogP contribution in [0.1, 0.15) is 35.4 Å². The average Bonchev–Trinajstić information content (AvgIpc) is 3.10. The van der Waals surface area contributed by atoms with Crippen molar-refractivity contribution < 1.29 is 9.53 Å². The van der Waals surface area contributed by atoms with Gasteiger partial charge in [-0.05, 0) is 54.6 Å². The summed E-state index contributed by atoms with van der Waals surface area (Å²) >= 11 is 1.82. The van der Waals surface area contributed by atoms with E-state index < -0.39 is 0 Å². The predicted octanol–water partition coefficient (Wildman–Crippen LogP) is 3.72. The van der Waals surface area contributed by atoms with Crippen LogP contribution in [0.5, 0.6) is 5.75 Å². The van der Waals surface area contributed by atoms with E-state index in [0.29, 0.717) is 6.54 Å². The zero-order valence-corrected chi connectivity index (χ0v) is 16.0. The van der Waals surface area contributed by atoms with E-state index in [9.17, 15) is 4.79 Å². The molecule has 0 saturated heterocycles. The van der Waals surface area contributed by atoms with Gasteiger partial charge in [0, 0.05) is 18.0 Å². The minimum absolute atomic E-state index is 0.222. The van der Waals surface area contributed by atoms with Crippen LogP contribution in [0.2, 0.25) is 0 Å². The molecule has 134 valence electrons. The van der Waals surface area contributed by atoms with E-state index in [1.54, 1.807) is 7.11 Å². The largest absolute Gasteiger partial charge is 0.497 e. The summed E-state index contributed by atoms with van der Waals surface area (Å²) in [6.45, 7) is 4.20. The highest BCUT2D eigenvalue weighted by atomic mass is 32.1. The van der Waals surface area contributed by atoms with Crippen molar-refractivity contribution in [3.63, 3.8) is 0 Å². The van der Waals surface area contributed by atoms with Gasteiger partial charge in [0.2, 0.25) is 5.91 Å². The summed E-state index contributed by atoms with van der Waals surface area (Å²) in [5, 5.41) is 2.15. The van der Waals surface area contributed by atoms with Crippen LogP contribution in [0.3, 0.4) is 0 Å². The highest BCUT2D eigenvalue weighted by molar-refractivity contribution is 7.10. The van der Waals surface area contributed by atoms with Crippen LogP contribution >= 0.6 is 11.3 Å². The molecule has 2 aromatic rings. The fourth-order valence-electron chi connectivity index (χ4n) is 3.56. The van der Waals surface area contributed by atoms with Gasteiger partial charge in [0.15, 0.2) is 0 Å². The maximum absolute atomic E-state index is 12.9. The maximum atomic E-state index is 12.9. The Bertz CT molecular complexity index is 711. The number of methoxy groups -OCH3 is 1. The summed E-state index contributed by atoms with van der Waals surface area (Å²) < 4.78 is 5.19. The van der Waals surface area contributed by atoms with E-state index in [0.717, 1.165) is 31.7 Å². The number of carbonyl (C=O) groups excluding carboxylic acids is 1. The number of carbonyl (C=O) groups is 1. The van der Waals surface area contributed by atoms with E-state index in [4.69, 9.17) is 4.74 Å². The van der Waals surface area contributed by atoms with Crippen molar-refractivity contribution >= 4 is 17.2 Å². The Balaban J connectivity index is 1.61. The summed E-state index contributed by atoms with van der Waals surface area (Å²) in [6.07, 6.45) is 1.95. The van der Waals surface area contributed by atoms with E-state index in [-0.39, 0.29) is 11.9 Å². The Hall–Kier alpha value is -1.85. The van der Waals surface area contributed by atoms with Gasteiger partial charge < -0.3 is 9.64 Å². The van der Waals surface area contributed by atoms with Gasteiger partial charge in [0.1, 0.15) is 5.75 Å². The highest BCUT2D eigenvalue weighted by Crippen LogP contribution is 2.35. The zero-order valence-electron chi connectivity index (χ0n) is 15.2. The SMILES string of the molecule is CCC1c2ccsc2CCN1C(=O)CN(C)Cc1ccc(OC)cc1. The number of hydrogen-bond acceptors (Lipinski definition) is 4. The first-order chi connectivity index (χ1) is 12.1. The first kappa shape index (κ1) is 18.0. The summed E-state index contributed by atoms with van der Waals surface area (Å²) in [7, 11) is 3.67. The van der Waals surface area contributed by atoms with Crippen LogP contribution in [0, 0.1) is 0 Å². The summed E-state index contributed by atoms with van der Waals surface area (Å²) in [6, 6.07) is 10.4. The normalized spacial score (nSPS) is 16.8. The Kier molecular flexibility index (Phi) is 5.76. The maximum Gasteiger partial charge on any atom is 0.237 e. The molecule has 1 aliphatic heterocycles. The third kappa shape index (κ3) is 4.05. The standard InChI is InChI=1S/C20H26N2O2S/c1-4-18-17-10-12-25-19(17)9-11-22(18)20(23)14-21(2)13-15-5-7-16(24-3)8-6-15/h5-8,10,12,18H,4,9,11,13-14H2,1-3H3. The molecule has 1 aromatic carbocycles. The van der Waals surface area contributed by atoms with Gasteiger partial charge in [-0.2, -0.15) is 0 Å². The van der Waals surface area contributed by atoms with Crippen molar-refractivity contribution in [3.8, 4) is 5.75 Å². The number of amides is 1. The lowest BCUT2D eigenvalue weighted by Crippen LogP contribution is -2.43. The molecule has 5 heteroatoms. The number of likely N-dealkylation sites (N-methyl/N-ethyl adjacent to an activating group) is 1. The van der Waals surface area contributed by atoms with E-state index in [2.05, 4.69) is 28.2 Å². The first-order valence-corrected chi connectivity index (χ1v) is 9.67. The molecule has 0 N–H and O–H groups in total. The molecule has 0 radical (unpaired) electrons. The topological polar surface area (TPSA) is 32.8 Å². The van der Waals surface area contributed by atoms with Crippen molar-refractivity contribution in [3.05, 3.63) is 51.7 Å². The smallest absolute Gasteiger partial charge is 0.237 e. The third-order valence-corrected chi connectivity index (χ3v) is 5.82. The minimum atomic E-state index is 0.222. The molecule has 25 heavy (non-hydrogen) atoms. The van der Waals surface area contributed by atoms with Crippen LogP contribution in [-0.4, -0.2) is 43.0 Å². The molecule has 3 rings (SSSR count). The summed E-state index contributed by atoms with van der Waals surface area (Å²) in [5.74, 6) is 1.08. The fourth-order valence-corrected chi connectivity index (χ4v) is 4.48. The molecule has 1 amide bonds. The zero-order chi connectivity index (χ0) is 17.8. The van der Waals surface area contributed by atoms with Crippen LogP contribution in [0.4, 0.5) is 0 Å². The highest BCUT2D eigenvalue weighted by Gasteiger charge is 2.30. The second kappa shape index (κ2) is 8.02. The molecular weight excluding hydrogens is 332 g/mol. The van der Waals surface area contributed by atoms with Gasteiger partial charge in [-0.1, -0.05) is 19.1 Å². The molecule has 0 spiro atoms. The number of hydrogen-bond donors (Lipinski definition) is 0. The number of fused-ring (bicyclic) bond motifs is 1. The van der Waals surface area contributed by atoms with Gasteiger partial charge in [0.05, 0.1) is 19.7 Å². The molecule has 1 aliphatic rings. The molecular formula is C20H26N2O2S. The minimum Gasteiger partial charge on any atom is -0.497 e. The lowest BCUT2D eigenvalue weighted by molar-refractivity contribution is -0.135. The third-order valence-electron chi connectivity index (χ3n) is 4.82. The van der Waals surface area contributed by atoms with Crippen LogP contribution < -0.4 is 4.74 Å². The average molecular weight is 359 g/mol. The van der Waals surface area contributed by atoms with E-state index >= 15 is 0 Å². The first-order valence-electron chi connectivity index (χ1n) is 8.79. The van der Waals surface area contributed by atoms with Gasteiger partial charge in [-0.3, -0.25) is 9.69 Å². The van der Waals surface area contributed by atoms with Crippen LogP contribution in [0.25, 0.3) is 0 Å². The Morgan fingerprint density at radius 3 is 2.76 bits per heavy atom. The summed E-state index contributed by atoms with van der Waals surface area (Å²) in [5.41, 5.74) is 2.53. The number of rotatable bonds is 6. The molecule has 0 bridgehead atoms. The number of ether oxygens (including phenoxy) is 1. The lowest BCUT2D eigenvalue weighted by atomic mass is 9.97. The number of benzene rings is 1. The molecule has 1 unspecified atom stereocenters. The van der Waals surface area contributed by atoms with Gasteiger partial charge in [0.25, 0.3) is 0 Å². The second-order valence-electron chi connectivity index (χ2n) is 6.58. The van der Waals surface area contributed by atoms with Crippen LogP contribution in [0.15, 0.2) is 35.7 Å². The molecule has 1 aromatic heterocycles. The van der Waals surface area contributed by atoms with Crippen LogP contribution in [-0.2, 0) is 17.8 Å². The number of nitrogens with zero attached hydrogens (tertiary/aromatic N) is 2. The quantitative estimate of drug-likeness (QED) is 0.789. The van der Waals surface area contributed by atoms with Crippen molar-refractivity contribution in [2.45, 2.75) is 32.4 Å². The number of thiophene rings is 1. The van der Waals surface area contributed by atoms with Crippen molar-refractivity contribution in [2.24, 2.45) is 0 Å². The Labute approximate surface area is 154 Å². The van der Waals surface area contributed by atoms with E-state index in [1.807, 2.05) is 42.6 Å². The fraction of sp³-hybridized carbons (Fsp3) is 0.450. The van der Waals surface area contributed by atoms with Gasteiger partial charge in [-0.15, -0.1) is 11.3 Å².